The minimum absolute atomic E-state index is 0.156. The SMILES string of the molecule is CCNC(=O)Nc1ccc2c(c1)C(=O)N(C)[C@H]1CC[C@H](CC(=O)NCc3ccc(F)cc3)O[C@H]1CO2. The van der Waals surface area contributed by atoms with Gasteiger partial charge in [-0.25, -0.2) is 9.18 Å². The van der Waals surface area contributed by atoms with E-state index in [1.54, 1.807) is 42.3 Å². The Hall–Kier alpha value is -3.66. The zero-order valence-corrected chi connectivity index (χ0v) is 20.4. The number of hydrogen-bond acceptors (Lipinski definition) is 5. The normalized spacial score (nSPS) is 21.2. The van der Waals surface area contributed by atoms with E-state index in [-0.39, 0.29) is 54.9 Å². The standard InChI is InChI=1S/C26H31FN4O5/c1-3-28-26(34)30-18-8-11-22-20(12-18)25(33)31(2)21-10-9-19(36-23(21)15-35-22)13-24(32)29-14-16-4-6-17(27)7-5-16/h4-8,11-12,19,21,23H,3,9-10,13-15H2,1-2H3,(H,29,32)(H2,28,30,34)/t19-,21+,23+/m1/s1. The Kier molecular flexibility index (Phi) is 8.04. The Balaban J connectivity index is 1.37. The van der Waals surface area contributed by atoms with E-state index >= 15 is 0 Å². The molecular formula is C26H31FN4O5. The van der Waals surface area contributed by atoms with Gasteiger partial charge in [0.1, 0.15) is 24.3 Å². The van der Waals surface area contributed by atoms with Gasteiger partial charge in [0.25, 0.3) is 5.91 Å². The van der Waals surface area contributed by atoms with Crippen LogP contribution in [0.3, 0.4) is 0 Å². The van der Waals surface area contributed by atoms with Gasteiger partial charge in [0.15, 0.2) is 0 Å². The van der Waals surface area contributed by atoms with Crippen LogP contribution in [0, 0.1) is 5.82 Å². The molecule has 0 bridgehead atoms. The van der Waals surface area contributed by atoms with Gasteiger partial charge in [0, 0.05) is 25.8 Å². The van der Waals surface area contributed by atoms with Crippen molar-refractivity contribution in [2.24, 2.45) is 0 Å². The lowest BCUT2D eigenvalue weighted by Gasteiger charge is -2.42. The number of benzene rings is 2. The number of ether oxygens (including phenoxy) is 2. The van der Waals surface area contributed by atoms with E-state index in [0.29, 0.717) is 42.9 Å². The number of hydrogen-bond donors (Lipinski definition) is 3. The minimum atomic E-state index is -0.385. The summed E-state index contributed by atoms with van der Waals surface area (Å²) in [7, 11) is 1.73. The molecule has 0 aromatic heterocycles. The van der Waals surface area contributed by atoms with Gasteiger partial charge in [-0.3, -0.25) is 9.59 Å². The number of amides is 4. The van der Waals surface area contributed by atoms with Crippen molar-refractivity contribution in [3.63, 3.8) is 0 Å². The lowest BCUT2D eigenvalue weighted by Crippen LogP contribution is -2.53. The highest BCUT2D eigenvalue weighted by molar-refractivity contribution is 5.99. The molecule has 2 heterocycles. The van der Waals surface area contributed by atoms with Gasteiger partial charge in [-0.05, 0) is 55.7 Å². The molecule has 0 saturated carbocycles. The molecule has 2 aliphatic rings. The van der Waals surface area contributed by atoms with Gasteiger partial charge in [0.05, 0.1) is 24.1 Å². The van der Waals surface area contributed by atoms with Gasteiger partial charge < -0.3 is 30.3 Å². The fourth-order valence-electron chi connectivity index (χ4n) is 4.52. The highest BCUT2D eigenvalue weighted by Crippen LogP contribution is 2.32. The number of halogens is 1. The molecular weight excluding hydrogens is 467 g/mol. The van der Waals surface area contributed by atoms with Crippen LogP contribution in [-0.2, 0) is 16.1 Å². The molecule has 2 aliphatic heterocycles. The molecule has 3 N–H and O–H groups in total. The molecule has 2 aromatic carbocycles. The fraction of sp³-hybridized carbons (Fsp3) is 0.423. The van der Waals surface area contributed by atoms with E-state index in [1.807, 2.05) is 6.92 Å². The molecule has 0 spiro atoms. The second kappa shape index (κ2) is 11.4. The van der Waals surface area contributed by atoms with Crippen LogP contribution < -0.4 is 20.7 Å². The predicted octanol–water partition coefficient (Wildman–Crippen LogP) is 3.05. The van der Waals surface area contributed by atoms with Gasteiger partial charge in [-0.2, -0.15) is 0 Å². The first-order valence-electron chi connectivity index (χ1n) is 12.1. The van der Waals surface area contributed by atoms with Crippen molar-refractivity contribution >= 4 is 23.5 Å². The Morgan fingerprint density at radius 1 is 1.11 bits per heavy atom. The molecule has 1 fully saturated rings. The van der Waals surface area contributed by atoms with Crippen LogP contribution in [0.2, 0.25) is 0 Å². The third-order valence-corrected chi connectivity index (χ3v) is 6.42. The quantitative estimate of drug-likeness (QED) is 0.567. The number of carbonyl (C=O) groups is 3. The van der Waals surface area contributed by atoms with E-state index in [2.05, 4.69) is 16.0 Å². The maximum absolute atomic E-state index is 13.3. The maximum Gasteiger partial charge on any atom is 0.319 e. The van der Waals surface area contributed by atoms with E-state index in [0.717, 1.165) is 5.56 Å². The van der Waals surface area contributed by atoms with E-state index in [1.165, 1.54) is 12.1 Å². The topological polar surface area (TPSA) is 109 Å². The second-order valence-electron chi connectivity index (χ2n) is 8.97. The summed E-state index contributed by atoms with van der Waals surface area (Å²) < 4.78 is 25.2. The lowest BCUT2D eigenvalue weighted by atomic mass is 9.94. The molecule has 0 radical (unpaired) electrons. The van der Waals surface area contributed by atoms with Gasteiger partial charge in [0.2, 0.25) is 5.91 Å². The minimum Gasteiger partial charge on any atom is -0.490 e. The van der Waals surface area contributed by atoms with E-state index < -0.39 is 0 Å². The van der Waals surface area contributed by atoms with Crippen LogP contribution in [0.15, 0.2) is 42.5 Å². The Labute approximate surface area is 209 Å². The average molecular weight is 499 g/mol. The second-order valence-corrected chi connectivity index (χ2v) is 8.97. The van der Waals surface area contributed by atoms with Crippen molar-refractivity contribution < 1.29 is 28.2 Å². The number of carbonyl (C=O) groups excluding carboxylic acids is 3. The zero-order valence-electron chi connectivity index (χ0n) is 20.4. The predicted molar refractivity (Wildman–Crippen MR) is 131 cm³/mol. The smallest absolute Gasteiger partial charge is 0.319 e. The van der Waals surface area contributed by atoms with Crippen LogP contribution in [0.1, 0.15) is 42.1 Å². The number of rotatable bonds is 6. The number of urea groups is 1. The Morgan fingerprint density at radius 2 is 1.89 bits per heavy atom. The summed E-state index contributed by atoms with van der Waals surface area (Å²) >= 11 is 0. The largest absolute Gasteiger partial charge is 0.490 e. The van der Waals surface area contributed by atoms with Gasteiger partial charge >= 0.3 is 6.03 Å². The van der Waals surface area contributed by atoms with Crippen molar-refractivity contribution in [1.29, 1.82) is 0 Å². The third kappa shape index (κ3) is 6.12. The van der Waals surface area contributed by atoms with Crippen LogP contribution >= 0.6 is 0 Å². The number of fused-ring (bicyclic) bond motifs is 2. The summed E-state index contributed by atoms with van der Waals surface area (Å²) in [5.74, 6) is -0.288. The molecule has 1 saturated heterocycles. The van der Waals surface area contributed by atoms with Crippen molar-refractivity contribution in [2.45, 2.75) is 51.0 Å². The molecule has 192 valence electrons. The first kappa shape index (κ1) is 25.4. The van der Waals surface area contributed by atoms with Crippen LogP contribution in [0.25, 0.3) is 0 Å². The first-order chi connectivity index (χ1) is 17.3. The van der Waals surface area contributed by atoms with E-state index in [9.17, 15) is 18.8 Å². The van der Waals surface area contributed by atoms with Crippen LogP contribution in [-0.4, -0.2) is 61.2 Å². The van der Waals surface area contributed by atoms with Gasteiger partial charge in [-0.1, -0.05) is 12.1 Å². The molecule has 10 heteroatoms. The molecule has 2 aromatic rings. The molecule has 36 heavy (non-hydrogen) atoms. The van der Waals surface area contributed by atoms with Crippen LogP contribution in [0.5, 0.6) is 5.75 Å². The molecule has 4 amide bonds. The highest BCUT2D eigenvalue weighted by atomic mass is 19.1. The summed E-state index contributed by atoms with van der Waals surface area (Å²) in [6.07, 6.45) is 0.790. The summed E-state index contributed by atoms with van der Waals surface area (Å²) in [6.45, 7) is 2.85. The first-order valence-corrected chi connectivity index (χ1v) is 12.1. The summed E-state index contributed by atoms with van der Waals surface area (Å²) in [5, 5.41) is 8.21. The van der Waals surface area contributed by atoms with Crippen LogP contribution in [0.4, 0.5) is 14.9 Å². The lowest BCUT2D eigenvalue weighted by molar-refractivity contribution is -0.134. The van der Waals surface area contributed by atoms with Crippen molar-refractivity contribution in [1.82, 2.24) is 15.5 Å². The Morgan fingerprint density at radius 3 is 2.64 bits per heavy atom. The maximum atomic E-state index is 13.3. The van der Waals surface area contributed by atoms with Crippen molar-refractivity contribution in [3.05, 3.63) is 59.4 Å². The third-order valence-electron chi connectivity index (χ3n) is 6.42. The molecule has 0 unspecified atom stereocenters. The zero-order chi connectivity index (χ0) is 25.7. The monoisotopic (exact) mass is 498 g/mol. The molecule has 9 nitrogen and oxygen atoms in total. The summed E-state index contributed by atoms with van der Waals surface area (Å²) in [4.78, 5) is 39.3. The summed E-state index contributed by atoms with van der Waals surface area (Å²) in [6, 6.07) is 10.4. The highest BCUT2D eigenvalue weighted by Gasteiger charge is 2.39. The Bertz CT molecular complexity index is 1110. The number of nitrogens with one attached hydrogen (secondary N) is 3. The van der Waals surface area contributed by atoms with E-state index in [4.69, 9.17) is 9.47 Å². The average Bonchev–Trinajstić information content (AvgIpc) is 2.86. The molecule has 4 rings (SSSR count). The fourth-order valence-corrected chi connectivity index (χ4v) is 4.52. The summed E-state index contributed by atoms with van der Waals surface area (Å²) in [5.41, 5.74) is 1.67. The molecule has 0 aliphatic carbocycles. The van der Waals surface area contributed by atoms with Gasteiger partial charge in [-0.15, -0.1) is 0 Å². The van der Waals surface area contributed by atoms with Crippen molar-refractivity contribution in [2.75, 3.05) is 25.5 Å². The van der Waals surface area contributed by atoms with Crippen molar-refractivity contribution in [3.8, 4) is 5.75 Å². The number of likely N-dealkylation sites (N-methyl/N-ethyl adjacent to an activating group) is 1. The number of anilines is 1. The molecule has 3 atom stereocenters. The number of nitrogens with zero attached hydrogens (tertiary/aromatic N) is 1.